The number of aromatic nitrogens is 2. The molecule has 128 valence electrons. The van der Waals surface area contributed by atoms with Crippen LogP contribution in [0.15, 0.2) is 18.2 Å². The lowest BCUT2D eigenvalue weighted by atomic mass is 10.2. The molecule has 0 radical (unpaired) electrons. The SMILES string of the molecule is CCCCOc1ccc(C(=O)Nc2nnc(C3CC3)s2)cc1OC. The average molecular weight is 347 g/mol. The molecule has 1 heterocycles. The Bertz CT molecular complexity index is 713. The van der Waals surface area contributed by atoms with E-state index >= 15 is 0 Å². The molecule has 1 aliphatic rings. The van der Waals surface area contributed by atoms with E-state index in [1.165, 1.54) is 24.2 Å². The van der Waals surface area contributed by atoms with E-state index in [-0.39, 0.29) is 5.91 Å². The summed E-state index contributed by atoms with van der Waals surface area (Å²) >= 11 is 1.44. The van der Waals surface area contributed by atoms with E-state index in [4.69, 9.17) is 9.47 Å². The van der Waals surface area contributed by atoms with Crippen molar-refractivity contribution in [2.45, 2.75) is 38.5 Å². The van der Waals surface area contributed by atoms with Gasteiger partial charge >= 0.3 is 0 Å². The first-order valence-corrected chi connectivity index (χ1v) is 8.98. The maximum absolute atomic E-state index is 12.4. The van der Waals surface area contributed by atoms with Crippen LogP contribution in [0.1, 0.15) is 53.9 Å². The van der Waals surface area contributed by atoms with E-state index in [0.29, 0.717) is 34.7 Å². The molecule has 0 atom stereocenters. The molecular weight excluding hydrogens is 326 g/mol. The fourth-order valence-corrected chi connectivity index (χ4v) is 3.11. The Balaban J connectivity index is 1.66. The van der Waals surface area contributed by atoms with Crippen LogP contribution in [-0.2, 0) is 0 Å². The summed E-state index contributed by atoms with van der Waals surface area (Å²) in [7, 11) is 1.57. The molecule has 1 aromatic carbocycles. The summed E-state index contributed by atoms with van der Waals surface area (Å²) in [5.41, 5.74) is 0.498. The van der Waals surface area contributed by atoms with Gasteiger partial charge in [-0.2, -0.15) is 0 Å². The van der Waals surface area contributed by atoms with Crippen molar-refractivity contribution in [1.29, 1.82) is 0 Å². The van der Waals surface area contributed by atoms with Crippen LogP contribution in [0, 0.1) is 0 Å². The first kappa shape index (κ1) is 16.7. The third kappa shape index (κ3) is 4.03. The Morgan fingerprint density at radius 3 is 2.88 bits per heavy atom. The maximum atomic E-state index is 12.4. The fourth-order valence-electron chi connectivity index (χ4n) is 2.20. The zero-order chi connectivity index (χ0) is 16.9. The van der Waals surface area contributed by atoms with Gasteiger partial charge in [0.15, 0.2) is 11.5 Å². The number of hydrogen-bond acceptors (Lipinski definition) is 6. The Morgan fingerprint density at radius 1 is 1.33 bits per heavy atom. The van der Waals surface area contributed by atoms with E-state index < -0.39 is 0 Å². The molecule has 0 aliphatic heterocycles. The Morgan fingerprint density at radius 2 is 2.17 bits per heavy atom. The number of unbranched alkanes of at least 4 members (excludes halogenated alkanes) is 1. The van der Waals surface area contributed by atoms with Crippen LogP contribution in [0.5, 0.6) is 11.5 Å². The normalized spacial score (nSPS) is 13.6. The van der Waals surface area contributed by atoms with Crippen molar-refractivity contribution in [3.05, 3.63) is 28.8 Å². The molecule has 2 aromatic rings. The first-order chi connectivity index (χ1) is 11.7. The van der Waals surface area contributed by atoms with Crippen molar-refractivity contribution < 1.29 is 14.3 Å². The minimum atomic E-state index is -0.230. The Labute approximate surface area is 145 Å². The zero-order valence-corrected chi connectivity index (χ0v) is 14.7. The van der Waals surface area contributed by atoms with Crippen LogP contribution < -0.4 is 14.8 Å². The standard InChI is InChI=1S/C17H21N3O3S/c1-3-4-9-23-13-8-7-12(10-14(13)22-2)15(21)18-17-20-19-16(24-17)11-5-6-11/h7-8,10-11H,3-6,9H2,1-2H3,(H,18,20,21). The van der Waals surface area contributed by atoms with Crippen molar-refractivity contribution in [2.24, 2.45) is 0 Å². The lowest BCUT2D eigenvalue weighted by Crippen LogP contribution is -2.12. The number of rotatable bonds is 8. The van der Waals surface area contributed by atoms with E-state index in [0.717, 1.165) is 17.8 Å². The molecule has 1 aliphatic carbocycles. The molecule has 1 saturated carbocycles. The van der Waals surface area contributed by atoms with Gasteiger partial charge in [-0.25, -0.2) is 0 Å². The van der Waals surface area contributed by atoms with Crippen LogP contribution in [-0.4, -0.2) is 29.8 Å². The number of methoxy groups -OCH3 is 1. The van der Waals surface area contributed by atoms with Crippen LogP contribution in [0.25, 0.3) is 0 Å². The summed E-state index contributed by atoms with van der Waals surface area (Å²) in [6.07, 6.45) is 4.37. The Hall–Kier alpha value is -2.15. The monoisotopic (exact) mass is 347 g/mol. The van der Waals surface area contributed by atoms with E-state index in [2.05, 4.69) is 22.4 Å². The number of nitrogens with one attached hydrogen (secondary N) is 1. The van der Waals surface area contributed by atoms with Gasteiger partial charge in [-0.05, 0) is 37.5 Å². The largest absolute Gasteiger partial charge is 0.493 e. The molecule has 0 spiro atoms. The molecule has 1 aromatic heterocycles. The number of anilines is 1. The topological polar surface area (TPSA) is 73.3 Å². The molecule has 6 nitrogen and oxygen atoms in total. The predicted octanol–water partition coefficient (Wildman–Crippen LogP) is 3.86. The highest BCUT2D eigenvalue weighted by Gasteiger charge is 2.27. The van der Waals surface area contributed by atoms with E-state index in [1.54, 1.807) is 25.3 Å². The van der Waals surface area contributed by atoms with Gasteiger partial charge in [0, 0.05) is 11.5 Å². The zero-order valence-electron chi connectivity index (χ0n) is 13.9. The third-order valence-corrected chi connectivity index (χ3v) is 4.77. The van der Waals surface area contributed by atoms with Crippen LogP contribution >= 0.6 is 11.3 Å². The number of hydrogen-bond donors (Lipinski definition) is 1. The van der Waals surface area contributed by atoms with Gasteiger partial charge in [0.25, 0.3) is 5.91 Å². The Kier molecular flexibility index (Phi) is 5.30. The van der Waals surface area contributed by atoms with Crippen molar-refractivity contribution in [3.8, 4) is 11.5 Å². The molecule has 24 heavy (non-hydrogen) atoms. The fraction of sp³-hybridized carbons (Fsp3) is 0.471. The quantitative estimate of drug-likeness (QED) is 0.734. The summed E-state index contributed by atoms with van der Waals surface area (Å²) < 4.78 is 11.0. The predicted molar refractivity (Wildman–Crippen MR) is 93.2 cm³/mol. The van der Waals surface area contributed by atoms with Crippen LogP contribution in [0.4, 0.5) is 5.13 Å². The molecule has 1 amide bonds. The van der Waals surface area contributed by atoms with Crippen LogP contribution in [0.3, 0.4) is 0 Å². The molecule has 0 bridgehead atoms. The molecule has 3 rings (SSSR count). The summed E-state index contributed by atoms with van der Waals surface area (Å²) in [4.78, 5) is 12.4. The number of benzene rings is 1. The molecular formula is C17H21N3O3S. The van der Waals surface area contributed by atoms with Crippen molar-refractivity contribution >= 4 is 22.4 Å². The molecule has 0 unspecified atom stereocenters. The smallest absolute Gasteiger partial charge is 0.257 e. The summed E-state index contributed by atoms with van der Waals surface area (Å²) in [6.45, 7) is 2.74. The second kappa shape index (κ2) is 7.61. The van der Waals surface area contributed by atoms with Gasteiger partial charge in [0.1, 0.15) is 5.01 Å². The van der Waals surface area contributed by atoms with Gasteiger partial charge in [-0.15, -0.1) is 10.2 Å². The van der Waals surface area contributed by atoms with Gasteiger partial charge in [-0.1, -0.05) is 24.7 Å². The first-order valence-electron chi connectivity index (χ1n) is 8.17. The van der Waals surface area contributed by atoms with E-state index in [1.807, 2.05) is 0 Å². The molecule has 0 saturated heterocycles. The third-order valence-electron chi connectivity index (χ3n) is 3.77. The van der Waals surface area contributed by atoms with Crippen molar-refractivity contribution in [2.75, 3.05) is 19.0 Å². The minimum Gasteiger partial charge on any atom is -0.493 e. The minimum absolute atomic E-state index is 0.230. The summed E-state index contributed by atoms with van der Waals surface area (Å²) in [5.74, 6) is 1.50. The lowest BCUT2D eigenvalue weighted by Gasteiger charge is -2.11. The highest BCUT2D eigenvalue weighted by atomic mass is 32.1. The highest BCUT2D eigenvalue weighted by Crippen LogP contribution is 2.42. The highest BCUT2D eigenvalue weighted by molar-refractivity contribution is 7.15. The van der Waals surface area contributed by atoms with Gasteiger partial charge in [0.05, 0.1) is 13.7 Å². The summed E-state index contributed by atoms with van der Waals surface area (Å²) in [5, 5.41) is 12.5. The van der Waals surface area contributed by atoms with Gasteiger partial charge < -0.3 is 9.47 Å². The van der Waals surface area contributed by atoms with Crippen molar-refractivity contribution in [1.82, 2.24) is 10.2 Å². The molecule has 7 heteroatoms. The number of carbonyl (C=O) groups is 1. The maximum Gasteiger partial charge on any atom is 0.257 e. The second-order valence-electron chi connectivity index (χ2n) is 5.74. The molecule has 1 N–H and O–H groups in total. The number of amides is 1. The van der Waals surface area contributed by atoms with E-state index in [9.17, 15) is 4.79 Å². The number of ether oxygens (including phenoxy) is 2. The van der Waals surface area contributed by atoms with Gasteiger partial charge in [0.2, 0.25) is 5.13 Å². The summed E-state index contributed by atoms with van der Waals surface area (Å²) in [6, 6.07) is 5.17. The second-order valence-corrected chi connectivity index (χ2v) is 6.75. The number of carbonyl (C=O) groups excluding carboxylic acids is 1. The van der Waals surface area contributed by atoms with Crippen LogP contribution in [0.2, 0.25) is 0 Å². The van der Waals surface area contributed by atoms with Crippen molar-refractivity contribution in [3.63, 3.8) is 0 Å². The average Bonchev–Trinajstić information content (AvgIpc) is 3.35. The lowest BCUT2D eigenvalue weighted by molar-refractivity contribution is 0.102. The van der Waals surface area contributed by atoms with Gasteiger partial charge in [-0.3, -0.25) is 10.1 Å². The number of nitrogens with zero attached hydrogens (tertiary/aromatic N) is 2. The molecule has 1 fully saturated rings.